The van der Waals surface area contributed by atoms with Crippen LogP contribution in [-0.2, 0) is 9.53 Å². The summed E-state index contributed by atoms with van der Waals surface area (Å²) in [5, 5.41) is 5.17. The Hall–Kier alpha value is -3.15. The summed E-state index contributed by atoms with van der Waals surface area (Å²) < 4.78 is 4.96. The second-order valence-corrected chi connectivity index (χ2v) is 5.37. The van der Waals surface area contributed by atoms with E-state index in [0.29, 0.717) is 11.3 Å². The molecule has 2 N–H and O–H groups in total. The van der Waals surface area contributed by atoms with E-state index in [9.17, 15) is 14.4 Å². The quantitative estimate of drug-likeness (QED) is 0.792. The molecule has 6 nitrogen and oxygen atoms in total. The molecule has 25 heavy (non-hydrogen) atoms. The minimum atomic E-state index is -0.512. The van der Waals surface area contributed by atoms with Crippen molar-refractivity contribution in [1.29, 1.82) is 0 Å². The third-order valence-corrected chi connectivity index (χ3v) is 3.39. The summed E-state index contributed by atoms with van der Waals surface area (Å²) in [4.78, 5) is 36.0. The van der Waals surface area contributed by atoms with Gasteiger partial charge in [0.2, 0.25) is 5.91 Å². The van der Waals surface area contributed by atoms with Crippen molar-refractivity contribution >= 4 is 23.5 Å². The van der Waals surface area contributed by atoms with Crippen LogP contribution in [0.3, 0.4) is 0 Å². The van der Waals surface area contributed by atoms with Crippen molar-refractivity contribution in [2.75, 3.05) is 18.5 Å². The number of carbonyl (C=O) groups excluding carboxylic acids is 3. The first-order valence-electron chi connectivity index (χ1n) is 7.92. The highest BCUT2D eigenvalue weighted by molar-refractivity contribution is 6.03. The van der Waals surface area contributed by atoms with Crippen molar-refractivity contribution in [2.24, 2.45) is 0 Å². The van der Waals surface area contributed by atoms with Gasteiger partial charge in [0.1, 0.15) is 0 Å². The molecule has 0 saturated heterocycles. The number of ether oxygens (including phenoxy) is 1. The second-order valence-electron chi connectivity index (χ2n) is 5.37. The molecule has 0 unspecified atom stereocenters. The van der Waals surface area contributed by atoms with E-state index in [2.05, 4.69) is 10.6 Å². The molecule has 0 aliphatic heterocycles. The van der Waals surface area contributed by atoms with Gasteiger partial charge in [-0.2, -0.15) is 0 Å². The lowest BCUT2D eigenvalue weighted by Gasteiger charge is -2.11. The van der Waals surface area contributed by atoms with E-state index in [0.717, 1.165) is 5.56 Å². The maximum atomic E-state index is 12.1. The normalized spacial score (nSPS) is 10.0. The first-order valence-corrected chi connectivity index (χ1v) is 7.92. The van der Waals surface area contributed by atoms with Crippen LogP contribution in [0.1, 0.15) is 33.2 Å². The molecule has 2 rings (SSSR count). The van der Waals surface area contributed by atoms with Crippen molar-refractivity contribution in [3.8, 4) is 0 Å². The fourth-order valence-electron chi connectivity index (χ4n) is 2.22. The van der Waals surface area contributed by atoms with Gasteiger partial charge >= 0.3 is 5.97 Å². The molecule has 6 heteroatoms. The lowest BCUT2D eigenvalue weighted by Crippen LogP contribution is -2.33. The van der Waals surface area contributed by atoms with Crippen LogP contribution in [0.25, 0.3) is 0 Å². The molecule has 0 aliphatic rings. The molecule has 0 heterocycles. The van der Waals surface area contributed by atoms with Crippen molar-refractivity contribution in [3.63, 3.8) is 0 Å². The third-order valence-electron chi connectivity index (χ3n) is 3.39. The van der Waals surface area contributed by atoms with E-state index in [1.807, 2.05) is 13.0 Å². The molecule has 0 aromatic heterocycles. The first-order chi connectivity index (χ1) is 12.0. The molecule has 0 radical (unpaired) electrons. The van der Waals surface area contributed by atoms with E-state index in [-0.39, 0.29) is 24.6 Å². The standard InChI is InChI=1S/C19H20N2O4/c1-3-25-19(24)15-9-4-5-10-16(15)21-17(22)12-20-18(23)14-8-6-7-13(2)11-14/h4-11H,3,12H2,1-2H3,(H,20,23)(H,21,22). The number of amides is 2. The molecule has 0 saturated carbocycles. The molecule has 2 amide bonds. The van der Waals surface area contributed by atoms with Gasteiger partial charge in [-0.05, 0) is 38.1 Å². The highest BCUT2D eigenvalue weighted by Gasteiger charge is 2.14. The van der Waals surface area contributed by atoms with E-state index >= 15 is 0 Å². The maximum absolute atomic E-state index is 12.1. The van der Waals surface area contributed by atoms with Crippen molar-refractivity contribution < 1.29 is 19.1 Å². The largest absolute Gasteiger partial charge is 0.462 e. The Morgan fingerprint density at radius 1 is 1.04 bits per heavy atom. The zero-order valence-corrected chi connectivity index (χ0v) is 14.2. The zero-order chi connectivity index (χ0) is 18.2. The predicted octanol–water partition coefficient (Wildman–Crippen LogP) is 2.54. The monoisotopic (exact) mass is 340 g/mol. The molecule has 130 valence electrons. The molecule has 0 aliphatic carbocycles. The predicted molar refractivity (Wildman–Crippen MR) is 94.5 cm³/mol. The fraction of sp³-hybridized carbons (Fsp3) is 0.211. The van der Waals surface area contributed by atoms with E-state index in [1.165, 1.54) is 0 Å². The van der Waals surface area contributed by atoms with E-state index < -0.39 is 11.9 Å². The van der Waals surface area contributed by atoms with Gasteiger partial charge in [0.15, 0.2) is 0 Å². The summed E-state index contributed by atoms with van der Waals surface area (Å²) >= 11 is 0. The molecule has 2 aromatic rings. The number of anilines is 1. The van der Waals surface area contributed by atoms with Crippen LogP contribution in [0.15, 0.2) is 48.5 Å². The Morgan fingerprint density at radius 2 is 1.80 bits per heavy atom. The van der Waals surface area contributed by atoms with Gasteiger partial charge < -0.3 is 15.4 Å². The lowest BCUT2D eigenvalue weighted by molar-refractivity contribution is -0.115. The smallest absolute Gasteiger partial charge is 0.340 e. The van der Waals surface area contributed by atoms with Crippen LogP contribution in [0.4, 0.5) is 5.69 Å². The number of hydrogen-bond acceptors (Lipinski definition) is 4. The minimum Gasteiger partial charge on any atom is -0.462 e. The third kappa shape index (κ3) is 5.17. The van der Waals surface area contributed by atoms with Crippen LogP contribution in [0.5, 0.6) is 0 Å². The molecule has 0 spiro atoms. The van der Waals surface area contributed by atoms with Crippen LogP contribution < -0.4 is 10.6 Å². The molecule has 0 atom stereocenters. The summed E-state index contributed by atoms with van der Waals surface area (Å²) in [5.41, 5.74) is 2.05. The van der Waals surface area contributed by atoms with Gasteiger partial charge in [-0.15, -0.1) is 0 Å². The summed E-state index contributed by atoms with van der Waals surface area (Å²) in [7, 11) is 0. The molecule has 2 aromatic carbocycles. The molecular weight excluding hydrogens is 320 g/mol. The van der Waals surface area contributed by atoms with Crippen LogP contribution in [-0.4, -0.2) is 30.9 Å². The maximum Gasteiger partial charge on any atom is 0.340 e. The minimum absolute atomic E-state index is 0.204. The van der Waals surface area contributed by atoms with E-state index in [4.69, 9.17) is 4.74 Å². The number of aryl methyl sites for hydroxylation is 1. The number of benzene rings is 2. The van der Waals surface area contributed by atoms with Crippen LogP contribution in [0.2, 0.25) is 0 Å². The SMILES string of the molecule is CCOC(=O)c1ccccc1NC(=O)CNC(=O)c1cccc(C)c1. The highest BCUT2D eigenvalue weighted by Crippen LogP contribution is 2.16. The average molecular weight is 340 g/mol. The van der Waals surface area contributed by atoms with Crippen LogP contribution in [0, 0.1) is 6.92 Å². The fourth-order valence-corrected chi connectivity index (χ4v) is 2.22. The zero-order valence-electron chi connectivity index (χ0n) is 14.2. The molecule has 0 fully saturated rings. The number of esters is 1. The number of para-hydroxylation sites is 1. The highest BCUT2D eigenvalue weighted by atomic mass is 16.5. The lowest BCUT2D eigenvalue weighted by atomic mass is 10.1. The van der Waals surface area contributed by atoms with Gasteiger partial charge in [-0.25, -0.2) is 4.79 Å². The number of hydrogen-bond donors (Lipinski definition) is 2. The Balaban J connectivity index is 1.97. The van der Waals surface area contributed by atoms with Crippen LogP contribution >= 0.6 is 0 Å². The Kier molecular flexibility index (Phi) is 6.28. The van der Waals surface area contributed by atoms with Crippen molar-refractivity contribution in [2.45, 2.75) is 13.8 Å². The first kappa shape index (κ1) is 18.2. The number of carbonyl (C=O) groups is 3. The van der Waals surface area contributed by atoms with Gasteiger partial charge in [-0.1, -0.05) is 29.8 Å². The van der Waals surface area contributed by atoms with Gasteiger partial charge in [0.05, 0.1) is 24.4 Å². The topological polar surface area (TPSA) is 84.5 Å². The Labute approximate surface area is 146 Å². The van der Waals surface area contributed by atoms with E-state index in [1.54, 1.807) is 49.4 Å². The van der Waals surface area contributed by atoms with Gasteiger partial charge in [0.25, 0.3) is 5.91 Å². The van der Waals surface area contributed by atoms with Crippen molar-refractivity contribution in [3.05, 3.63) is 65.2 Å². The van der Waals surface area contributed by atoms with Crippen molar-refractivity contribution in [1.82, 2.24) is 5.32 Å². The Morgan fingerprint density at radius 3 is 2.52 bits per heavy atom. The van der Waals surface area contributed by atoms with Gasteiger partial charge in [0, 0.05) is 5.56 Å². The number of rotatable bonds is 6. The summed E-state index contributed by atoms with van der Waals surface area (Å²) in [6.45, 7) is 3.63. The second kappa shape index (κ2) is 8.63. The summed E-state index contributed by atoms with van der Waals surface area (Å²) in [5.74, 6) is -1.28. The summed E-state index contributed by atoms with van der Waals surface area (Å²) in [6.07, 6.45) is 0. The van der Waals surface area contributed by atoms with Gasteiger partial charge in [-0.3, -0.25) is 9.59 Å². The molecule has 0 bridgehead atoms. The Bertz CT molecular complexity index is 786. The number of nitrogens with one attached hydrogen (secondary N) is 2. The molecular formula is C19H20N2O4. The summed E-state index contributed by atoms with van der Waals surface area (Å²) in [6, 6.07) is 13.6. The average Bonchev–Trinajstić information content (AvgIpc) is 2.60.